The number of fused-ring (bicyclic) bond motifs is 1. The number of carboxylic acid groups (broad SMARTS) is 1. The van der Waals surface area contributed by atoms with Crippen molar-refractivity contribution in [3.8, 4) is 0 Å². The number of benzene rings is 1. The average molecular weight is 605 g/mol. The highest BCUT2D eigenvalue weighted by Gasteiger charge is 2.43. The summed E-state index contributed by atoms with van der Waals surface area (Å²) in [5, 5.41) is 7.85. The van der Waals surface area contributed by atoms with Crippen LogP contribution in [-0.4, -0.2) is 95.4 Å². The molecule has 0 amide bonds. The van der Waals surface area contributed by atoms with Gasteiger partial charge in [0.1, 0.15) is 17.5 Å². The summed E-state index contributed by atoms with van der Waals surface area (Å²) in [6.07, 6.45) is -3.97. The molecule has 3 aliphatic heterocycles. The quantitative estimate of drug-likeness (QED) is 0.389. The molecule has 0 radical (unpaired) electrons. The highest BCUT2D eigenvalue weighted by Crippen LogP contribution is 2.37. The molecular formula is C24H28ClF3N6O5S. The van der Waals surface area contributed by atoms with Gasteiger partial charge in [-0.2, -0.15) is 18.2 Å². The van der Waals surface area contributed by atoms with Gasteiger partial charge in [-0.3, -0.25) is 0 Å². The van der Waals surface area contributed by atoms with Crippen LogP contribution in [-0.2, 0) is 31.9 Å². The van der Waals surface area contributed by atoms with E-state index in [2.05, 4.69) is 9.80 Å². The number of piperazine rings is 1. The zero-order chi connectivity index (χ0) is 29.2. The summed E-state index contributed by atoms with van der Waals surface area (Å²) in [5.74, 6) is -1.41. The Labute approximate surface area is 236 Å². The highest BCUT2D eigenvalue weighted by molar-refractivity contribution is 7.91. The van der Waals surface area contributed by atoms with Crippen LogP contribution in [0.15, 0.2) is 29.2 Å². The maximum Gasteiger partial charge on any atom is 0.490 e. The number of carbonyl (C=O) groups excluding carboxylic acids is 1. The molecule has 0 saturated carbocycles. The largest absolute Gasteiger partial charge is 0.611 e. The highest BCUT2D eigenvalue weighted by atomic mass is 35.5. The number of alkyl halides is 3. The number of rotatable bonds is 4. The van der Waals surface area contributed by atoms with Gasteiger partial charge >= 0.3 is 18.1 Å². The third-order valence-electron chi connectivity index (χ3n) is 6.73. The summed E-state index contributed by atoms with van der Waals surface area (Å²) in [6, 6.07) is 7.15. The Morgan fingerprint density at radius 3 is 2.33 bits per heavy atom. The van der Waals surface area contributed by atoms with E-state index in [9.17, 15) is 22.5 Å². The molecule has 2 fully saturated rings. The Morgan fingerprint density at radius 2 is 1.75 bits per heavy atom. The maximum atomic E-state index is 12.8. The fraction of sp³-hybridized carbons (Fsp3) is 0.500. The lowest BCUT2D eigenvalue weighted by Crippen LogP contribution is -2.47. The van der Waals surface area contributed by atoms with Crippen LogP contribution in [0.4, 0.5) is 30.6 Å². The number of hydrogen-bond acceptors (Lipinski definition) is 10. The fourth-order valence-corrected chi connectivity index (χ4v) is 6.27. The number of halogens is 4. The number of methoxy groups -OCH3 is 1. The molecule has 3 aliphatic rings. The molecule has 0 spiro atoms. The average Bonchev–Trinajstić information content (AvgIpc) is 3.50. The second kappa shape index (κ2) is 12.2. The second-order valence-corrected chi connectivity index (χ2v) is 11.3. The smallest absolute Gasteiger partial charge is 0.490 e. The van der Waals surface area contributed by atoms with Crippen LogP contribution >= 0.6 is 11.6 Å². The summed E-state index contributed by atoms with van der Waals surface area (Å²) < 4.78 is 49.6. The topological polar surface area (TPSA) is 148 Å². The molecule has 40 heavy (non-hydrogen) atoms. The van der Waals surface area contributed by atoms with Gasteiger partial charge in [0.25, 0.3) is 0 Å². The molecular weight excluding hydrogens is 577 g/mol. The number of nitrogens with two attached hydrogens (primary N) is 1. The minimum absolute atomic E-state index is 0.180. The van der Waals surface area contributed by atoms with Crippen molar-refractivity contribution in [3.63, 3.8) is 0 Å². The first-order chi connectivity index (χ1) is 18.9. The van der Waals surface area contributed by atoms with Gasteiger partial charge in [-0.25, -0.2) is 14.6 Å². The molecule has 3 atom stereocenters. The van der Waals surface area contributed by atoms with E-state index in [1.807, 2.05) is 29.2 Å². The molecule has 218 valence electrons. The van der Waals surface area contributed by atoms with Gasteiger partial charge in [0.05, 0.1) is 7.11 Å². The van der Waals surface area contributed by atoms with Crippen LogP contribution in [0, 0.1) is 0 Å². The molecule has 0 aliphatic carbocycles. The number of aryl methyl sites for hydroxylation is 1. The zero-order valence-corrected chi connectivity index (χ0v) is 23.0. The van der Waals surface area contributed by atoms with Crippen LogP contribution in [0.3, 0.4) is 0 Å². The van der Waals surface area contributed by atoms with Crippen LogP contribution in [0.1, 0.15) is 12.1 Å². The van der Waals surface area contributed by atoms with Crippen molar-refractivity contribution in [2.75, 3.05) is 60.3 Å². The summed E-state index contributed by atoms with van der Waals surface area (Å²) in [5.41, 5.74) is 8.13. The Hall–Kier alpha value is -3.01. The Bertz CT molecular complexity index is 1230. The minimum Gasteiger partial charge on any atom is -0.611 e. The van der Waals surface area contributed by atoms with E-state index >= 15 is 0 Å². The van der Waals surface area contributed by atoms with Gasteiger partial charge < -0.3 is 34.8 Å². The Kier molecular flexibility index (Phi) is 9.17. The van der Waals surface area contributed by atoms with Crippen molar-refractivity contribution >= 4 is 52.2 Å². The first kappa shape index (κ1) is 30.0. The summed E-state index contributed by atoms with van der Waals surface area (Å²) in [7, 11) is 1.37. The fourth-order valence-electron chi connectivity index (χ4n) is 4.78. The molecule has 1 unspecified atom stereocenters. The summed E-state index contributed by atoms with van der Waals surface area (Å²) >= 11 is 4.83. The number of anilines is 3. The van der Waals surface area contributed by atoms with E-state index in [1.54, 1.807) is 0 Å². The van der Waals surface area contributed by atoms with Crippen molar-refractivity contribution in [2.24, 2.45) is 5.73 Å². The zero-order valence-electron chi connectivity index (χ0n) is 21.4. The molecule has 2 aromatic rings. The predicted octanol–water partition coefficient (Wildman–Crippen LogP) is 1.83. The van der Waals surface area contributed by atoms with E-state index < -0.39 is 29.4 Å². The van der Waals surface area contributed by atoms with Crippen LogP contribution in [0.25, 0.3) is 0 Å². The lowest BCUT2D eigenvalue weighted by Gasteiger charge is -2.36. The van der Waals surface area contributed by atoms with E-state index in [4.69, 9.17) is 41.9 Å². The Morgan fingerprint density at radius 1 is 1.15 bits per heavy atom. The lowest BCUT2D eigenvalue weighted by atomic mass is 10.2. The number of carbonyl (C=O) groups is 2. The van der Waals surface area contributed by atoms with Gasteiger partial charge in [0, 0.05) is 55.9 Å². The third kappa shape index (κ3) is 6.65. The van der Waals surface area contributed by atoms with Crippen molar-refractivity contribution in [3.05, 3.63) is 35.0 Å². The minimum atomic E-state index is -5.08. The number of aliphatic carboxylic acids is 1. The van der Waals surface area contributed by atoms with Crippen molar-refractivity contribution in [2.45, 2.75) is 36.0 Å². The molecule has 2 saturated heterocycles. The van der Waals surface area contributed by atoms with E-state index in [1.165, 1.54) is 7.11 Å². The van der Waals surface area contributed by atoms with Gasteiger partial charge in [-0.15, -0.1) is 0 Å². The molecule has 3 N–H and O–H groups in total. The molecule has 11 nitrogen and oxygen atoms in total. The molecule has 4 heterocycles. The van der Waals surface area contributed by atoms with Crippen LogP contribution in [0.5, 0.6) is 0 Å². The van der Waals surface area contributed by atoms with Gasteiger partial charge in [-0.1, -0.05) is 11.6 Å². The van der Waals surface area contributed by atoms with E-state index in [0.29, 0.717) is 41.8 Å². The number of esters is 1. The normalized spacial score (nSPS) is 22.5. The van der Waals surface area contributed by atoms with E-state index in [0.717, 1.165) is 42.6 Å². The summed E-state index contributed by atoms with van der Waals surface area (Å²) in [6.45, 7) is 3.61. The molecule has 1 aromatic heterocycles. The predicted molar refractivity (Wildman–Crippen MR) is 142 cm³/mol. The number of hydrogen-bond donors (Lipinski definition) is 2. The number of ether oxygens (including phenoxy) is 1. The first-order valence-electron chi connectivity index (χ1n) is 12.3. The Balaban J connectivity index is 0.000000470. The van der Waals surface area contributed by atoms with Crippen molar-refractivity contribution in [1.29, 1.82) is 0 Å². The maximum absolute atomic E-state index is 12.8. The second-order valence-electron chi connectivity index (χ2n) is 9.36. The molecule has 16 heteroatoms. The van der Waals surface area contributed by atoms with Crippen LogP contribution < -0.4 is 20.4 Å². The van der Waals surface area contributed by atoms with Gasteiger partial charge in [-0.05, 0) is 41.9 Å². The third-order valence-corrected chi connectivity index (χ3v) is 8.43. The number of nitrogens with zero attached hydrogens (tertiary/aromatic N) is 5. The molecule has 5 rings (SSSR count). The van der Waals surface area contributed by atoms with Crippen molar-refractivity contribution < 1.29 is 37.2 Å². The van der Waals surface area contributed by atoms with Gasteiger partial charge in [0.15, 0.2) is 5.82 Å². The van der Waals surface area contributed by atoms with Gasteiger partial charge in [0.2, 0.25) is 10.8 Å². The van der Waals surface area contributed by atoms with Crippen LogP contribution in [0.2, 0.25) is 5.02 Å². The monoisotopic (exact) mass is 604 g/mol. The standard InChI is InChI=1S/C22H27ClN6O3S.C2HF3O2/c1-32-21(30)18-12-15(24)13-29(18)20-19-17(6-11-33(19)31)25-22(26-20)28-9-7-27(8-10-28)16-4-2-14(23)3-5-16;3-2(4,5)1(6)7/h2-5,15,18H,6-13,24H2,1H3;(H,6,7)/t15-,18+,33?;/m1./s1. The van der Waals surface area contributed by atoms with E-state index in [-0.39, 0.29) is 12.0 Å². The number of carboxylic acids is 1. The van der Waals surface area contributed by atoms with Crippen molar-refractivity contribution in [1.82, 2.24) is 9.97 Å². The first-order valence-corrected chi connectivity index (χ1v) is 14.0. The number of aromatic nitrogens is 2. The molecule has 1 aromatic carbocycles. The molecule has 0 bridgehead atoms. The summed E-state index contributed by atoms with van der Waals surface area (Å²) in [4.78, 5) is 38.0. The lowest BCUT2D eigenvalue weighted by molar-refractivity contribution is -0.192. The SMILES string of the molecule is COC(=O)[C@@H]1C[C@@H](N)CN1c1nc(N2CCN(c3ccc(Cl)cc3)CC2)nc2c1[S+]([O-])CC2.O=C(O)C(F)(F)F.